The van der Waals surface area contributed by atoms with Gasteiger partial charge in [0.1, 0.15) is 5.88 Å². The van der Waals surface area contributed by atoms with Gasteiger partial charge in [0.2, 0.25) is 0 Å². The van der Waals surface area contributed by atoms with Crippen LogP contribution in [0.15, 0.2) is 0 Å². The van der Waals surface area contributed by atoms with Crippen molar-refractivity contribution >= 4 is 21.6 Å². The normalized spacial score (nSPS) is 9.69. The molecule has 0 bridgehead atoms. The molecule has 0 rings (SSSR count). The predicted octanol–water partition coefficient (Wildman–Crippen LogP) is 1.33. The zero-order valence-electron chi connectivity index (χ0n) is 8.27. The Kier molecular flexibility index (Phi) is 20.2. The summed E-state index contributed by atoms with van der Waals surface area (Å²) in [5.74, 6) is 1.07. The van der Waals surface area contributed by atoms with Crippen molar-refractivity contribution in [2.24, 2.45) is 0 Å². The monoisotopic (exact) mass is 396 g/mol. The standard InChI is InChI=1S/C5H13NS2.C2H5O2.W/c1-6(2,3)5-8-7-4;3-1-2-4;/h1,5H2,2-4H3;1,3-4H,2H2;/q;-1;+2. The van der Waals surface area contributed by atoms with E-state index in [2.05, 4.69) is 27.4 Å². The molecule has 0 saturated carbocycles. The maximum Gasteiger partial charge on any atom is 2.00 e. The first-order valence-corrected chi connectivity index (χ1v) is 6.10. The largest absolute Gasteiger partial charge is 2.00 e. The van der Waals surface area contributed by atoms with Gasteiger partial charge in [-0.25, -0.2) is 0 Å². The van der Waals surface area contributed by atoms with Gasteiger partial charge in [-0.2, -0.15) is 6.61 Å². The van der Waals surface area contributed by atoms with Crippen LogP contribution in [0.5, 0.6) is 0 Å². The minimum Gasteiger partial charge on any atom is -0.564 e. The van der Waals surface area contributed by atoms with Crippen LogP contribution in [-0.4, -0.2) is 47.5 Å². The van der Waals surface area contributed by atoms with Gasteiger partial charge < -0.3 is 14.7 Å². The molecular weight excluding hydrogens is 378 g/mol. The second kappa shape index (κ2) is 13.3. The van der Waals surface area contributed by atoms with Crippen molar-refractivity contribution in [3.8, 4) is 0 Å². The van der Waals surface area contributed by atoms with E-state index in [-0.39, 0.29) is 27.7 Å². The number of hydrogen-bond acceptors (Lipinski definition) is 4. The van der Waals surface area contributed by atoms with E-state index in [9.17, 15) is 0 Å². The molecule has 0 aliphatic rings. The second-order valence-corrected chi connectivity index (χ2v) is 5.25. The van der Waals surface area contributed by atoms with Crippen molar-refractivity contribution in [1.29, 1.82) is 0 Å². The maximum absolute atomic E-state index is 7.57. The number of nitrogens with zero attached hydrogens (tertiary/aromatic N) is 1. The molecule has 0 amide bonds. The molecule has 0 saturated heterocycles. The summed E-state index contributed by atoms with van der Waals surface area (Å²) < 4.78 is 0.797. The van der Waals surface area contributed by atoms with E-state index in [0.29, 0.717) is 6.61 Å². The van der Waals surface area contributed by atoms with Gasteiger partial charge in [-0.3, -0.25) is 0 Å². The first kappa shape index (κ1) is 19.8. The SMILES string of the molecule is O[CH-]CO.[CH2-][N+](C)(C)CSSC.[W+2]. The third-order valence-electron chi connectivity index (χ3n) is 0.602. The maximum atomic E-state index is 7.57. The van der Waals surface area contributed by atoms with Crippen molar-refractivity contribution in [2.45, 2.75) is 0 Å². The van der Waals surface area contributed by atoms with Crippen molar-refractivity contribution < 1.29 is 35.8 Å². The Morgan fingerprint density at radius 3 is 1.92 bits per heavy atom. The Balaban J connectivity index is -0.000000173. The van der Waals surface area contributed by atoms with Crippen LogP contribution in [0.2, 0.25) is 0 Å². The van der Waals surface area contributed by atoms with Crippen LogP contribution < -0.4 is 0 Å². The third kappa shape index (κ3) is 31.9. The molecule has 0 aliphatic heterocycles. The number of aliphatic hydroxyl groups is 2. The number of aliphatic hydroxyl groups excluding tert-OH is 2. The Hall–Kier alpha value is 1.27. The Morgan fingerprint density at radius 2 is 1.85 bits per heavy atom. The summed E-state index contributed by atoms with van der Waals surface area (Å²) in [5, 5.41) is 15.1. The first-order chi connectivity index (χ1) is 5.47. The molecule has 0 atom stereocenters. The Morgan fingerprint density at radius 1 is 1.46 bits per heavy atom. The fourth-order valence-electron chi connectivity index (χ4n) is 0.195. The van der Waals surface area contributed by atoms with E-state index >= 15 is 0 Å². The predicted molar refractivity (Wildman–Crippen MR) is 56.8 cm³/mol. The summed E-state index contributed by atoms with van der Waals surface area (Å²) >= 11 is 0. The first-order valence-electron chi connectivity index (χ1n) is 3.37. The summed E-state index contributed by atoms with van der Waals surface area (Å²) in [6.07, 6.45) is 2.08. The molecule has 3 nitrogen and oxygen atoms in total. The summed E-state index contributed by atoms with van der Waals surface area (Å²) in [6.45, 7) is 0.431. The fourth-order valence-corrected chi connectivity index (χ4v) is 1.76. The molecule has 0 spiro atoms. The molecule has 0 aromatic rings. The topological polar surface area (TPSA) is 40.5 Å². The summed E-state index contributed by atoms with van der Waals surface area (Å²) in [7, 11) is 11.7. The summed E-state index contributed by atoms with van der Waals surface area (Å²) in [6, 6.07) is 0. The van der Waals surface area contributed by atoms with Crippen LogP contribution in [-0.2, 0) is 21.1 Å². The van der Waals surface area contributed by atoms with E-state index in [1.165, 1.54) is 0 Å². The van der Waals surface area contributed by atoms with Crippen molar-refractivity contribution in [3.05, 3.63) is 13.7 Å². The van der Waals surface area contributed by atoms with Crippen molar-refractivity contribution in [1.82, 2.24) is 0 Å². The minimum atomic E-state index is -0.250. The van der Waals surface area contributed by atoms with E-state index < -0.39 is 0 Å². The summed E-state index contributed by atoms with van der Waals surface area (Å²) in [4.78, 5) is 0. The molecular formula is C7H18NO2S2W+. The molecule has 0 radical (unpaired) electrons. The quantitative estimate of drug-likeness (QED) is 0.326. The van der Waals surface area contributed by atoms with Gasteiger partial charge in [0, 0.05) is 14.1 Å². The molecule has 0 unspecified atom stereocenters. The van der Waals surface area contributed by atoms with Gasteiger partial charge in [-0.1, -0.05) is 17.4 Å². The van der Waals surface area contributed by atoms with Crippen LogP contribution in [0.3, 0.4) is 0 Å². The molecule has 0 aliphatic carbocycles. The zero-order chi connectivity index (χ0) is 10.0. The van der Waals surface area contributed by atoms with Crippen LogP contribution in [0, 0.1) is 13.7 Å². The average Bonchev–Trinajstić information content (AvgIpc) is 2.00. The van der Waals surface area contributed by atoms with Gasteiger partial charge in [0.25, 0.3) is 0 Å². The molecule has 6 heteroatoms. The van der Waals surface area contributed by atoms with Gasteiger partial charge in [-0.05, 0) is 17.0 Å². The summed E-state index contributed by atoms with van der Waals surface area (Å²) in [5.41, 5.74) is 0. The number of quaternary nitrogens is 1. The molecule has 13 heavy (non-hydrogen) atoms. The van der Waals surface area contributed by atoms with Gasteiger partial charge >= 0.3 is 21.1 Å². The third-order valence-corrected chi connectivity index (χ3v) is 2.67. The molecule has 0 aromatic carbocycles. The molecule has 80 valence electrons. The Labute approximate surface area is 104 Å². The van der Waals surface area contributed by atoms with Crippen LogP contribution in [0.4, 0.5) is 0 Å². The van der Waals surface area contributed by atoms with E-state index in [0.717, 1.165) is 10.4 Å². The molecule has 0 fully saturated rings. The molecule has 2 N–H and O–H groups in total. The van der Waals surface area contributed by atoms with E-state index in [1.807, 2.05) is 10.8 Å². The van der Waals surface area contributed by atoms with Gasteiger partial charge in [0.05, 0.1) is 0 Å². The molecule has 0 heterocycles. The van der Waals surface area contributed by atoms with Gasteiger partial charge in [0.15, 0.2) is 0 Å². The average molecular weight is 396 g/mol. The second-order valence-electron chi connectivity index (χ2n) is 2.71. The smallest absolute Gasteiger partial charge is 0.564 e. The fraction of sp³-hybridized carbons (Fsp3) is 0.714. The number of rotatable bonds is 4. The van der Waals surface area contributed by atoms with Crippen LogP contribution in [0.1, 0.15) is 0 Å². The molecule has 0 aromatic heterocycles. The van der Waals surface area contributed by atoms with Crippen LogP contribution in [0.25, 0.3) is 0 Å². The van der Waals surface area contributed by atoms with Crippen molar-refractivity contribution in [2.75, 3.05) is 32.8 Å². The zero-order valence-corrected chi connectivity index (χ0v) is 12.8. The Bertz CT molecular complexity index is 89.1. The van der Waals surface area contributed by atoms with E-state index in [1.54, 1.807) is 10.8 Å². The van der Waals surface area contributed by atoms with Crippen LogP contribution >= 0.6 is 21.6 Å². The number of hydrogen-bond donors (Lipinski definition) is 2. The van der Waals surface area contributed by atoms with Gasteiger partial charge in [-0.15, -0.1) is 7.05 Å². The van der Waals surface area contributed by atoms with E-state index in [4.69, 9.17) is 10.2 Å². The van der Waals surface area contributed by atoms with Crippen molar-refractivity contribution in [3.63, 3.8) is 0 Å². The minimum absolute atomic E-state index is 0.